The quantitative estimate of drug-likeness (QED) is 0.909. The third kappa shape index (κ3) is 3.10. The minimum Gasteiger partial charge on any atom is -0.329 e. The summed E-state index contributed by atoms with van der Waals surface area (Å²) in [4.78, 5) is 18.9. The summed E-state index contributed by atoms with van der Waals surface area (Å²) in [6, 6.07) is 5.44. The molecule has 3 rings (SSSR count). The summed E-state index contributed by atoms with van der Waals surface area (Å²) in [5.74, 6) is 0.695. The van der Waals surface area contributed by atoms with Crippen molar-refractivity contribution >= 4 is 17.2 Å². The van der Waals surface area contributed by atoms with Crippen LogP contribution in [0.2, 0.25) is 5.02 Å². The predicted octanol–water partition coefficient (Wildman–Crippen LogP) is 1.52. The van der Waals surface area contributed by atoms with Crippen molar-refractivity contribution in [3.63, 3.8) is 0 Å². The zero-order valence-corrected chi connectivity index (χ0v) is 12.8. The molecule has 1 atom stereocenters. The van der Waals surface area contributed by atoms with E-state index in [0.29, 0.717) is 35.7 Å². The van der Waals surface area contributed by atoms with Crippen LogP contribution in [0.4, 0.5) is 0 Å². The molecule has 1 unspecified atom stereocenters. The molecular weight excluding hydrogens is 288 g/mol. The number of nitrogens with two attached hydrogens (primary N) is 1. The SMILES string of the molecule is CN(Cc1cc(=O)n2cc(Cl)ccc2n1)C(CN)C1CC1. The molecule has 0 saturated heterocycles. The molecule has 2 aromatic heterocycles. The van der Waals surface area contributed by atoms with Crippen LogP contribution < -0.4 is 11.3 Å². The predicted molar refractivity (Wildman–Crippen MR) is 83.5 cm³/mol. The lowest BCUT2D eigenvalue weighted by Crippen LogP contribution is -2.39. The Kier molecular flexibility index (Phi) is 3.97. The highest BCUT2D eigenvalue weighted by Crippen LogP contribution is 2.34. The van der Waals surface area contributed by atoms with E-state index in [1.54, 1.807) is 24.4 Å². The lowest BCUT2D eigenvalue weighted by atomic mass is 10.1. The maximum Gasteiger partial charge on any atom is 0.258 e. The zero-order chi connectivity index (χ0) is 15.0. The molecule has 1 aliphatic rings. The van der Waals surface area contributed by atoms with Crippen molar-refractivity contribution in [2.24, 2.45) is 11.7 Å². The van der Waals surface area contributed by atoms with Gasteiger partial charge in [0, 0.05) is 31.4 Å². The number of fused-ring (bicyclic) bond motifs is 1. The molecule has 21 heavy (non-hydrogen) atoms. The first-order chi connectivity index (χ1) is 10.1. The Hall–Kier alpha value is -1.43. The third-order valence-corrected chi connectivity index (χ3v) is 4.29. The van der Waals surface area contributed by atoms with E-state index in [2.05, 4.69) is 9.88 Å². The van der Waals surface area contributed by atoms with Crippen molar-refractivity contribution in [1.29, 1.82) is 0 Å². The summed E-state index contributed by atoms with van der Waals surface area (Å²) in [5.41, 5.74) is 7.14. The van der Waals surface area contributed by atoms with Gasteiger partial charge in [-0.1, -0.05) is 11.6 Å². The molecule has 2 heterocycles. The summed E-state index contributed by atoms with van der Waals surface area (Å²) in [7, 11) is 2.04. The maximum absolute atomic E-state index is 12.1. The fourth-order valence-corrected chi connectivity index (χ4v) is 2.95. The maximum atomic E-state index is 12.1. The largest absolute Gasteiger partial charge is 0.329 e. The minimum atomic E-state index is -0.110. The first kappa shape index (κ1) is 14.5. The van der Waals surface area contributed by atoms with Crippen LogP contribution in [0.5, 0.6) is 0 Å². The number of likely N-dealkylation sites (N-methyl/N-ethyl adjacent to an activating group) is 1. The van der Waals surface area contributed by atoms with E-state index >= 15 is 0 Å². The van der Waals surface area contributed by atoms with Gasteiger partial charge in [-0.05, 0) is 37.9 Å². The first-order valence-electron chi connectivity index (χ1n) is 7.16. The molecule has 1 fully saturated rings. The molecule has 112 valence electrons. The molecule has 6 heteroatoms. The lowest BCUT2D eigenvalue weighted by Gasteiger charge is -2.26. The van der Waals surface area contributed by atoms with Crippen LogP contribution >= 0.6 is 11.6 Å². The lowest BCUT2D eigenvalue weighted by molar-refractivity contribution is 0.213. The Balaban J connectivity index is 1.87. The summed E-state index contributed by atoms with van der Waals surface area (Å²) in [5, 5.41) is 0.521. The average Bonchev–Trinajstić information content (AvgIpc) is 3.25. The average molecular weight is 307 g/mol. The fraction of sp³-hybridized carbons (Fsp3) is 0.467. The van der Waals surface area contributed by atoms with Crippen LogP contribution in [-0.2, 0) is 6.54 Å². The molecule has 1 saturated carbocycles. The molecule has 0 spiro atoms. The zero-order valence-electron chi connectivity index (χ0n) is 12.0. The standard InChI is InChI=1S/C15H19ClN4O/c1-19(13(7-17)10-2-3-10)9-12-6-15(21)20-8-11(16)4-5-14(20)18-12/h4-6,8,10,13H,2-3,7,9,17H2,1H3. The monoisotopic (exact) mass is 306 g/mol. The number of pyridine rings is 1. The second-order valence-electron chi connectivity index (χ2n) is 5.72. The highest BCUT2D eigenvalue weighted by molar-refractivity contribution is 6.30. The molecular formula is C15H19ClN4O. The number of nitrogens with zero attached hydrogens (tertiary/aromatic N) is 3. The molecule has 0 aromatic carbocycles. The van der Waals surface area contributed by atoms with E-state index in [0.717, 1.165) is 5.69 Å². The van der Waals surface area contributed by atoms with Gasteiger partial charge in [-0.15, -0.1) is 0 Å². The van der Waals surface area contributed by atoms with Crippen molar-refractivity contribution in [3.05, 3.63) is 45.5 Å². The summed E-state index contributed by atoms with van der Waals surface area (Å²) in [6.45, 7) is 1.27. The van der Waals surface area contributed by atoms with E-state index in [4.69, 9.17) is 17.3 Å². The summed E-state index contributed by atoms with van der Waals surface area (Å²) < 4.78 is 1.47. The van der Waals surface area contributed by atoms with E-state index < -0.39 is 0 Å². The van der Waals surface area contributed by atoms with Crippen LogP contribution in [-0.4, -0.2) is 33.9 Å². The smallest absolute Gasteiger partial charge is 0.258 e. The molecule has 0 bridgehead atoms. The first-order valence-corrected chi connectivity index (χ1v) is 7.54. The van der Waals surface area contributed by atoms with Gasteiger partial charge in [0.15, 0.2) is 0 Å². The second kappa shape index (κ2) is 5.75. The fourth-order valence-electron chi connectivity index (χ4n) is 2.79. The van der Waals surface area contributed by atoms with Gasteiger partial charge < -0.3 is 5.73 Å². The Morgan fingerprint density at radius 2 is 2.29 bits per heavy atom. The number of aromatic nitrogens is 2. The van der Waals surface area contributed by atoms with E-state index in [1.807, 2.05) is 7.05 Å². The summed E-state index contributed by atoms with van der Waals surface area (Å²) in [6.07, 6.45) is 4.09. The Morgan fingerprint density at radius 3 is 2.95 bits per heavy atom. The van der Waals surface area contributed by atoms with E-state index in [-0.39, 0.29) is 5.56 Å². The Morgan fingerprint density at radius 1 is 1.52 bits per heavy atom. The van der Waals surface area contributed by atoms with Crippen LogP contribution in [0.1, 0.15) is 18.5 Å². The van der Waals surface area contributed by atoms with Gasteiger partial charge in [0.05, 0.1) is 10.7 Å². The van der Waals surface area contributed by atoms with E-state index in [9.17, 15) is 4.79 Å². The van der Waals surface area contributed by atoms with Crippen LogP contribution in [0.25, 0.3) is 5.65 Å². The van der Waals surface area contributed by atoms with Crippen LogP contribution in [0.3, 0.4) is 0 Å². The Labute approximate surface area is 128 Å². The normalized spacial score (nSPS) is 16.6. The van der Waals surface area contributed by atoms with Gasteiger partial charge in [-0.25, -0.2) is 4.98 Å². The molecule has 0 radical (unpaired) electrons. The highest BCUT2D eigenvalue weighted by atomic mass is 35.5. The van der Waals surface area contributed by atoms with Crippen molar-refractivity contribution in [2.45, 2.75) is 25.4 Å². The van der Waals surface area contributed by atoms with Gasteiger partial charge in [0.2, 0.25) is 0 Å². The van der Waals surface area contributed by atoms with Gasteiger partial charge in [-0.3, -0.25) is 14.1 Å². The van der Waals surface area contributed by atoms with Crippen molar-refractivity contribution in [3.8, 4) is 0 Å². The van der Waals surface area contributed by atoms with Crippen LogP contribution in [0.15, 0.2) is 29.2 Å². The summed E-state index contributed by atoms with van der Waals surface area (Å²) >= 11 is 5.91. The van der Waals surface area contributed by atoms with Crippen molar-refractivity contribution in [1.82, 2.24) is 14.3 Å². The van der Waals surface area contributed by atoms with Crippen LogP contribution in [0, 0.1) is 5.92 Å². The highest BCUT2D eigenvalue weighted by Gasteiger charge is 2.32. The van der Waals surface area contributed by atoms with E-state index in [1.165, 1.54) is 17.2 Å². The van der Waals surface area contributed by atoms with Crippen molar-refractivity contribution in [2.75, 3.05) is 13.6 Å². The van der Waals surface area contributed by atoms with Gasteiger partial charge in [0.25, 0.3) is 5.56 Å². The molecule has 2 N–H and O–H groups in total. The molecule has 2 aromatic rings. The number of rotatable bonds is 5. The molecule has 5 nitrogen and oxygen atoms in total. The molecule has 1 aliphatic carbocycles. The Bertz CT molecular complexity index is 710. The molecule has 0 aliphatic heterocycles. The second-order valence-corrected chi connectivity index (χ2v) is 6.15. The van der Waals surface area contributed by atoms with Crippen molar-refractivity contribution < 1.29 is 0 Å². The van der Waals surface area contributed by atoms with Gasteiger partial charge >= 0.3 is 0 Å². The number of hydrogen-bond acceptors (Lipinski definition) is 4. The molecule has 0 amide bonds. The third-order valence-electron chi connectivity index (χ3n) is 4.06. The topological polar surface area (TPSA) is 63.6 Å². The van der Waals surface area contributed by atoms with Gasteiger partial charge in [-0.2, -0.15) is 0 Å². The number of hydrogen-bond donors (Lipinski definition) is 1. The number of halogens is 1. The minimum absolute atomic E-state index is 0.110. The van der Waals surface area contributed by atoms with Gasteiger partial charge in [0.1, 0.15) is 5.65 Å².